The van der Waals surface area contributed by atoms with Gasteiger partial charge in [0.05, 0.1) is 0 Å². The van der Waals surface area contributed by atoms with E-state index in [4.69, 9.17) is 5.11 Å². The van der Waals surface area contributed by atoms with Crippen molar-refractivity contribution in [2.45, 2.75) is 20.4 Å². The Morgan fingerprint density at radius 1 is 1.26 bits per heavy atom. The molecule has 0 aliphatic carbocycles. The van der Waals surface area contributed by atoms with E-state index in [2.05, 4.69) is 29.7 Å². The van der Waals surface area contributed by atoms with Crippen molar-refractivity contribution in [1.82, 2.24) is 0 Å². The van der Waals surface area contributed by atoms with Gasteiger partial charge in [0.2, 0.25) is 0 Å². The molecule has 100 valence electrons. The molecule has 0 spiro atoms. The van der Waals surface area contributed by atoms with Crippen molar-refractivity contribution in [2.24, 2.45) is 0 Å². The minimum atomic E-state index is -1.04. The van der Waals surface area contributed by atoms with Crippen LogP contribution in [0.3, 0.4) is 0 Å². The van der Waals surface area contributed by atoms with Gasteiger partial charge in [-0.25, -0.2) is 4.79 Å². The Labute approximate surface area is 116 Å². The molecule has 0 unspecified atom stereocenters. The van der Waals surface area contributed by atoms with Gasteiger partial charge in [-0.05, 0) is 49.7 Å². The number of carbonyl (C=O) groups is 1. The molecule has 0 saturated carbocycles. The van der Waals surface area contributed by atoms with E-state index in [1.807, 2.05) is 19.1 Å². The van der Waals surface area contributed by atoms with Gasteiger partial charge in [-0.1, -0.05) is 0 Å². The first-order valence-corrected chi connectivity index (χ1v) is 6.76. The number of rotatable bonds is 4. The molecule has 0 radical (unpaired) electrons. The second-order valence-electron chi connectivity index (χ2n) is 4.33. The molecule has 1 aromatic carbocycles. The fourth-order valence-electron chi connectivity index (χ4n) is 1.80. The Hall–Kier alpha value is -2.01. The Morgan fingerprint density at radius 2 is 2.05 bits per heavy atom. The van der Waals surface area contributed by atoms with Gasteiger partial charge in [0.15, 0.2) is 0 Å². The number of thiophene rings is 1. The summed E-state index contributed by atoms with van der Waals surface area (Å²) in [6.45, 7) is 4.75. The summed E-state index contributed by atoms with van der Waals surface area (Å²) in [4.78, 5) is 13.2. The van der Waals surface area contributed by atoms with Crippen molar-refractivity contribution in [3.8, 4) is 0 Å². The van der Waals surface area contributed by atoms with Crippen LogP contribution in [0.2, 0.25) is 0 Å². The predicted molar refractivity (Wildman–Crippen MR) is 79.2 cm³/mol. The first kappa shape index (κ1) is 13.4. The summed E-state index contributed by atoms with van der Waals surface area (Å²) >= 11 is 1.77. The summed E-state index contributed by atoms with van der Waals surface area (Å²) in [6, 6.07) is 9.79. The third-order valence-corrected chi connectivity index (χ3v) is 3.73. The van der Waals surface area contributed by atoms with Crippen LogP contribution in [0.25, 0.3) is 0 Å². The van der Waals surface area contributed by atoms with Crippen molar-refractivity contribution in [2.75, 3.05) is 10.6 Å². The Bertz CT molecular complexity index is 593. The van der Waals surface area contributed by atoms with E-state index < -0.39 is 6.09 Å². The molecule has 0 saturated heterocycles. The second kappa shape index (κ2) is 5.75. The Balaban J connectivity index is 2.01. The van der Waals surface area contributed by atoms with Crippen LogP contribution in [0.5, 0.6) is 0 Å². The molecule has 2 rings (SSSR count). The van der Waals surface area contributed by atoms with E-state index in [9.17, 15) is 4.79 Å². The SMILES string of the molecule is Cc1ccc(CNc2ccc(NC(=O)O)c(C)c2)s1. The minimum Gasteiger partial charge on any atom is -0.465 e. The van der Waals surface area contributed by atoms with Gasteiger partial charge in [-0.15, -0.1) is 11.3 Å². The van der Waals surface area contributed by atoms with Crippen molar-refractivity contribution in [1.29, 1.82) is 0 Å². The van der Waals surface area contributed by atoms with Crippen LogP contribution < -0.4 is 10.6 Å². The highest BCUT2D eigenvalue weighted by molar-refractivity contribution is 7.11. The van der Waals surface area contributed by atoms with Gasteiger partial charge < -0.3 is 10.4 Å². The lowest BCUT2D eigenvalue weighted by atomic mass is 10.2. The molecule has 0 aliphatic rings. The molecule has 0 atom stereocenters. The largest absolute Gasteiger partial charge is 0.465 e. The molecule has 0 aliphatic heterocycles. The monoisotopic (exact) mass is 276 g/mol. The lowest BCUT2D eigenvalue weighted by Gasteiger charge is -2.09. The van der Waals surface area contributed by atoms with Gasteiger partial charge in [-0.3, -0.25) is 5.32 Å². The summed E-state index contributed by atoms with van der Waals surface area (Å²) in [7, 11) is 0. The topological polar surface area (TPSA) is 61.4 Å². The highest BCUT2D eigenvalue weighted by Gasteiger charge is 2.03. The molecular weight excluding hydrogens is 260 g/mol. The van der Waals surface area contributed by atoms with Crippen molar-refractivity contribution < 1.29 is 9.90 Å². The number of hydrogen-bond acceptors (Lipinski definition) is 3. The van der Waals surface area contributed by atoms with E-state index in [0.29, 0.717) is 5.69 Å². The van der Waals surface area contributed by atoms with E-state index in [0.717, 1.165) is 17.8 Å². The van der Waals surface area contributed by atoms with E-state index in [-0.39, 0.29) is 0 Å². The van der Waals surface area contributed by atoms with Gasteiger partial charge in [0.1, 0.15) is 0 Å². The van der Waals surface area contributed by atoms with E-state index in [1.165, 1.54) is 9.75 Å². The van der Waals surface area contributed by atoms with Crippen molar-refractivity contribution in [3.05, 3.63) is 45.6 Å². The Kier molecular flexibility index (Phi) is 4.06. The summed E-state index contributed by atoms with van der Waals surface area (Å²) in [5, 5.41) is 14.4. The summed E-state index contributed by atoms with van der Waals surface area (Å²) in [6.07, 6.45) is -1.04. The van der Waals surface area contributed by atoms with Crippen LogP contribution >= 0.6 is 11.3 Å². The average molecular weight is 276 g/mol. The Morgan fingerprint density at radius 3 is 2.63 bits per heavy atom. The molecule has 3 N–H and O–H groups in total. The van der Waals surface area contributed by atoms with E-state index >= 15 is 0 Å². The highest BCUT2D eigenvalue weighted by atomic mass is 32.1. The van der Waals surface area contributed by atoms with Gasteiger partial charge in [0, 0.05) is 27.7 Å². The zero-order valence-corrected chi connectivity index (χ0v) is 11.7. The minimum absolute atomic E-state index is 0.616. The summed E-state index contributed by atoms with van der Waals surface area (Å²) in [5.41, 5.74) is 2.50. The number of amides is 1. The molecule has 0 bridgehead atoms. The predicted octanol–water partition coefficient (Wildman–Crippen LogP) is 4.07. The maximum Gasteiger partial charge on any atom is 0.409 e. The maximum atomic E-state index is 10.6. The van der Waals surface area contributed by atoms with Crippen molar-refractivity contribution in [3.63, 3.8) is 0 Å². The number of carboxylic acid groups (broad SMARTS) is 1. The smallest absolute Gasteiger partial charge is 0.409 e. The van der Waals surface area contributed by atoms with Crippen LogP contribution in [0.1, 0.15) is 15.3 Å². The zero-order valence-electron chi connectivity index (χ0n) is 10.9. The van der Waals surface area contributed by atoms with Crippen LogP contribution in [0, 0.1) is 13.8 Å². The molecule has 5 heteroatoms. The standard InChI is InChI=1S/C14H16N2O2S/c1-9-7-11(4-6-13(9)16-14(17)18)15-8-12-5-3-10(2)19-12/h3-7,15-16H,8H2,1-2H3,(H,17,18). The summed E-state index contributed by atoms with van der Waals surface area (Å²) in [5.74, 6) is 0. The molecule has 0 fully saturated rings. The molecule has 1 aromatic heterocycles. The van der Waals surface area contributed by atoms with Crippen LogP contribution in [0.4, 0.5) is 16.2 Å². The zero-order chi connectivity index (χ0) is 13.8. The number of aryl methyl sites for hydroxylation is 2. The van der Waals surface area contributed by atoms with Gasteiger partial charge >= 0.3 is 6.09 Å². The van der Waals surface area contributed by atoms with Crippen LogP contribution in [-0.4, -0.2) is 11.2 Å². The fourth-order valence-corrected chi connectivity index (χ4v) is 2.63. The third kappa shape index (κ3) is 3.72. The highest BCUT2D eigenvalue weighted by Crippen LogP contribution is 2.21. The molecule has 19 heavy (non-hydrogen) atoms. The lowest BCUT2D eigenvalue weighted by Crippen LogP contribution is -2.08. The van der Waals surface area contributed by atoms with Crippen LogP contribution in [0.15, 0.2) is 30.3 Å². The maximum absolute atomic E-state index is 10.6. The second-order valence-corrected chi connectivity index (χ2v) is 5.70. The fraction of sp³-hybridized carbons (Fsp3) is 0.214. The first-order chi connectivity index (χ1) is 9.04. The van der Waals surface area contributed by atoms with Gasteiger partial charge in [0.25, 0.3) is 0 Å². The molecule has 2 aromatic rings. The van der Waals surface area contributed by atoms with Crippen LogP contribution in [-0.2, 0) is 6.54 Å². The normalized spacial score (nSPS) is 10.2. The van der Waals surface area contributed by atoms with Crippen molar-refractivity contribution >= 4 is 28.8 Å². The quantitative estimate of drug-likeness (QED) is 0.789. The number of anilines is 2. The molecule has 1 amide bonds. The van der Waals surface area contributed by atoms with Gasteiger partial charge in [-0.2, -0.15) is 0 Å². The molecule has 4 nitrogen and oxygen atoms in total. The van der Waals surface area contributed by atoms with E-state index in [1.54, 1.807) is 17.4 Å². The average Bonchev–Trinajstić information content (AvgIpc) is 2.75. The third-order valence-electron chi connectivity index (χ3n) is 2.73. The number of nitrogens with one attached hydrogen (secondary N) is 2. The lowest BCUT2D eigenvalue weighted by molar-refractivity contribution is 0.209. The molecule has 1 heterocycles. The first-order valence-electron chi connectivity index (χ1n) is 5.94. The number of benzene rings is 1. The summed E-state index contributed by atoms with van der Waals surface area (Å²) < 4.78 is 0. The number of hydrogen-bond donors (Lipinski definition) is 3. The molecular formula is C14H16N2O2S.